The SMILES string of the molecule is COc1cc(N2CCN3C(CCC[C@@H]3c3ccc(OCCCN4CCN(C)CC4)c(OC)c3)C2)ccc1Cl. The molecule has 3 fully saturated rings. The van der Waals surface area contributed by atoms with Crippen molar-refractivity contribution < 1.29 is 14.2 Å². The van der Waals surface area contributed by atoms with Gasteiger partial charge in [-0.1, -0.05) is 17.7 Å². The monoisotopic (exact) mass is 542 g/mol. The lowest BCUT2D eigenvalue weighted by atomic mass is 9.89. The van der Waals surface area contributed by atoms with Crippen LogP contribution in [0.25, 0.3) is 0 Å². The predicted molar refractivity (Wildman–Crippen MR) is 154 cm³/mol. The van der Waals surface area contributed by atoms with Gasteiger partial charge < -0.3 is 28.9 Å². The fourth-order valence-corrected chi connectivity index (χ4v) is 6.43. The van der Waals surface area contributed by atoms with Crippen LogP contribution in [-0.2, 0) is 0 Å². The summed E-state index contributed by atoms with van der Waals surface area (Å²) >= 11 is 6.27. The Labute approximate surface area is 233 Å². The highest BCUT2D eigenvalue weighted by atomic mass is 35.5. The molecular weight excluding hydrogens is 500 g/mol. The van der Waals surface area contributed by atoms with E-state index in [1.807, 2.05) is 6.07 Å². The van der Waals surface area contributed by atoms with Gasteiger partial charge in [-0.05, 0) is 62.6 Å². The lowest BCUT2D eigenvalue weighted by Gasteiger charge is -2.49. The molecule has 2 aromatic carbocycles. The molecule has 0 aliphatic carbocycles. The van der Waals surface area contributed by atoms with E-state index in [4.69, 9.17) is 25.8 Å². The molecule has 0 radical (unpaired) electrons. The molecule has 7 nitrogen and oxygen atoms in total. The summed E-state index contributed by atoms with van der Waals surface area (Å²) in [5.74, 6) is 2.43. The number of piperazine rings is 2. The number of nitrogens with zero attached hydrogens (tertiary/aromatic N) is 4. The molecule has 38 heavy (non-hydrogen) atoms. The van der Waals surface area contributed by atoms with E-state index < -0.39 is 0 Å². The minimum Gasteiger partial charge on any atom is -0.495 e. The number of halogens is 1. The zero-order chi connectivity index (χ0) is 26.5. The zero-order valence-electron chi connectivity index (χ0n) is 23.2. The lowest BCUT2D eigenvalue weighted by Crippen LogP contribution is -2.55. The third-order valence-electron chi connectivity index (χ3n) is 8.49. The van der Waals surface area contributed by atoms with Crippen LogP contribution in [0.4, 0.5) is 5.69 Å². The molecule has 1 unspecified atom stereocenters. The Hall–Kier alpha value is -2.19. The van der Waals surface area contributed by atoms with Gasteiger partial charge in [-0.3, -0.25) is 4.90 Å². The summed E-state index contributed by atoms with van der Waals surface area (Å²) in [7, 11) is 5.62. The van der Waals surface area contributed by atoms with Crippen LogP contribution < -0.4 is 19.1 Å². The van der Waals surface area contributed by atoms with Gasteiger partial charge in [0, 0.05) is 76.2 Å². The number of anilines is 1. The molecule has 3 aliphatic heterocycles. The molecule has 3 saturated heterocycles. The van der Waals surface area contributed by atoms with Crippen LogP contribution in [0.1, 0.15) is 37.3 Å². The highest BCUT2D eigenvalue weighted by molar-refractivity contribution is 6.32. The van der Waals surface area contributed by atoms with Crippen molar-refractivity contribution in [1.82, 2.24) is 14.7 Å². The van der Waals surface area contributed by atoms with Gasteiger partial charge in [0.2, 0.25) is 0 Å². The third-order valence-corrected chi connectivity index (χ3v) is 8.80. The van der Waals surface area contributed by atoms with Crippen molar-refractivity contribution in [2.45, 2.75) is 37.8 Å². The molecule has 5 rings (SSSR count). The van der Waals surface area contributed by atoms with Crippen LogP contribution in [0.2, 0.25) is 5.02 Å². The first-order chi connectivity index (χ1) is 18.6. The fourth-order valence-electron chi connectivity index (χ4n) is 6.24. The maximum Gasteiger partial charge on any atom is 0.161 e. The van der Waals surface area contributed by atoms with E-state index in [1.165, 1.54) is 30.5 Å². The van der Waals surface area contributed by atoms with Crippen LogP contribution >= 0.6 is 11.6 Å². The van der Waals surface area contributed by atoms with Crippen molar-refractivity contribution in [2.24, 2.45) is 0 Å². The molecule has 0 bridgehead atoms. The highest BCUT2D eigenvalue weighted by Crippen LogP contribution is 2.40. The number of hydrogen-bond acceptors (Lipinski definition) is 7. The van der Waals surface area contributed by atoms with E-state index >= 15 is 0 Å². The van der Waals surface area contributed by atoms with Gasteiger partial charge in [0.05, 0.1) is 25.8 Å². The third kappa shape index (κ3) is 6.33. The summed E-state index contributed by atoms with van der Waals surface area (Å²) < 4.78 is 17.4. The number of methoxy groups -OCH3 is 2. The topological polar surface area (TPSA) is 40.7 Å². The molecule has 8 heteroatoms. The first-order valence-corrected chi connectivity index (χ1v) is 14.5. The second-order valence-corrected chi connectivity index (χ2v) is 11.3. The molecule has 3 aliphatic rings. The molecule has 2 atom stereocenters. The Morgan fingerprint density at radius 2 is 1.68 bits per heavy atom. The smallest absolute Gasteiger partial charge is 0.161 e. The van der Waals surface area contributed by atoms with Gasteiger partial charge in [0.25, 0.3) is 0 Å². The number of likely N-dealkylation sites (N-methyl/N-ethyl adjacent to an activating group) is 1. The quantitative estimate of drug-likeness (QED) is 0.422. The van der Waals surface area contributed by atoms with Crippen LogP contribution in [0, 0.1) is 0 Å². The standard InChI is InChI=1S/C30H43ClN4O3/c1-32-13-15-33(16-14-32)12-5-19-38-28-11-8-23(20-30(28)37-3)27-7-4-6-25-22-34(17-18-35(25)27)24-9-10-26(31)29(21-24)36-2/h8-11,20-21,25,27H,4-7,12-19,22H2,1-3H3/t25?,27-/m1/s1. The second kappa shape index (κ2) is 12.8. The zero-order valence-corrected chi connectivity index (χ0v) is 24.0. The lowest BCUT2D eigenvalue weighted by molar-refractivity contribution is 0.0715. The van der Waals surface area contributed by atoms with E-state index in [0.717, 1.165) is 76.0 Å². The predicted octanol–water partition coefficient (Wildman–Crippen LogP) is 4.79. The van der Waals surface area contributed by atoms with E-state index in [1.54, 1.807) is 14.2 Å². The van der Waals surface area contributed by atoms with Gasteiger partial charge in [-0.2, -0.15) is 0 Å². The van der Waals surface area contributed by atoms with Crippen molar-refractivity contribution in [3.8, 4) is 17.2 Å². The summed E-state index contributed by atoms with van der Waals surface area (Å²) in [6, 6.07) is 13.6. The van der Waals surface area contributed by atoms with Crippen molar-refractivity contribution in [3.63, 3.8) is 0 Å². The minimum atomic E-state index is 0.413. The first-order valence-electron chi connectivity index (χ1n) is 14.1. The van der Waals surface area contributed by atoms with Crippen molar-refractivity contribution in [1.29, 1.82) is 0 Å². The van der Waals surface area contributed by atoms with Crippen LogP contribution in [-0.4, -0.2) is 101 Å². The number of rotatable bonds is 9. The van der Waals surface area contributed by atoms with Crippen molar-refractivity contribution in [3.05, 3.63) is 47.0 Å². The molecule has 0 N–H and O–H groups in total. The molecule has 0 aromatic heterocycles. The number of ether oxygens (including phenoxy) is 3. The summed E-state index contributed by atoms with van der Waals surface area (Å²) in [6.45, 7) is 9.46. The molecule has 2 aromatic rings. The van der Waals surface area contributed by atoms with Crippen LogP contribution in [0.3, 0.4) is 0 Å². The first kappa shape index (κ1) is 27.4. The van der Waals surface area contributed by atoms with Gasteiger partial charge in [-0.25, -0.2) is 0 Å². The van der Waals surface area contributed by atoms with E-state index in [0.29, 0.717) is 23.7 Å². The van der Waals surface area contributed by atoms with Crippen LogP contribution in [0.15, 0.2) is 36.4 Å². The van der Waals surface area contributed by atoms with E-state index in [2.05, 4.69) is 57.0 Å². The van der Waals surface area contributed by atoms with Gasteiger partial charge in [0.1, 0.15) is 5.75 Å². The molecule has 3 heterocycles. The Morgan fingerprint density at radius 1 is 0.868 bits per heavy atom. The Morgan fingerprint density at radius 3 is 2.47 bits per heavy atom. The molecule has 0 spiro atoms. The summed E-state index contributed by atoms with van der Waals surface area (Å²) in [5, 5.41) is 0.657. The average molecular weight is 543 g/mol. The minimum absolute atomic E-state index is 0.413. The van der Waals surface area contributed by atoms with E-state index in [-0.39, 0.29) is 0 Å². The van der Waals surface area contributed by atoms with Crippen molar-refractivity contribution >= 4 is 17.3 Å². The van der Waals surface area contributed by atoms with E-state index in [9.17, 15) is 0 Å². The number of piperidine rings is 1. The number of fused-ring (bicyclic) bond motifs is 1. The second-order valence-electron chi connectivity index (χ2n) is 10.9. The summed E-state index contributed by atoms with van der Waals surface area (Å²) in [5.41, 5.74) is 2.52. The van der Waals surface area contributed by atoms with Gasteiger partial charge in [-0.15, -0.1) is 0 Å². The average Bonchev–Trinajstić information content (AvgIpc) is 2.96. The summed E-state index contributed by atoms with van der Waals surface area (Å²) in [4.78, 5) is 10.1. The molecular formula is C30H43ClN4O3. The fraction of sp³-hybridized carbons (Fsp3) is 0.600. The Balaban J connectivity index is 1.19. The number of hydrogen-bond donors (Lipinski definition) is 0. The molecule has 0 amide bonds. The van der Waals surface area contributed by atoms with Gasteiger partial charge in [0.15, 0.2) is 11.5 Å². The Kier molecular flexibility index (Phi) is 9.20. The molecule has 208 valence electrons. The van der Waals surface area contributed by atoms with Gasteiger partial charge >= 0.3 is 0 Å². The largest absolute Gasteiger partial charge is 0.495 e. The van der Waals surface area contributed by atoms with Crippen LogP contribution in [0.5, 0.6) is 17.2 Å². The maximum absolute atomic E-state index is 6.27. The van der Waals surface area contributed by atoms with Crippen molar-refractivity contribution in [2.75, 3.05) is 85.1 Å². The molecule has 0 saturated carbocycles. The normalized spacial score (nSPS) is 23.2. The summed E-state index contributed by atoms with van der Waals surface area (Å²) in [6.07, 6.45) is 4.67. The number of benzene rings is 2. The maximum atomic E-state index is 6.27. The Bertz CT molecular complexity index is 1060. The highest BCUT2D eigenvalue weighted by Gasteiger charge is 2.36.